The van der Waals surface area contributed by atoms with E-state index >= 15 is 0 Å². The summed E-state index contributed by atoms with van der Waals surface area (Å²) in [6.45, 7) is 2.25. The zero-order valence-corrected chi connectivity index (χ0v) is 8.96. The van der Waals surface area contributed by atoms with Crippen LogP contribution in [0.5, 0.6) is 0 Å². The Morgan fingerprint density at radius 3 is 2.93 bits per heavy atom. The smallest absolute Gasteiger partial charge is 0.0381 e. The van der Waals surface area contributed by atoms with Crippen molar-refractivity contribution in [3.63, 3.8) is 0 Å². The van der Waals surface area contributed by atoms with Crippen LogP contribution in [0.1, 0.15) is 18.9 Å². The summed E-state index contributed by atoms with van der Waals surface area (Å²) in [7, 11) is 0. The quantitative estimate of drug-likeness (QED) is 0.680. The number of rotatable bonds is 0. The van der Waals surface area contributed by atoms with Gasteiger partial charge in [-0.15, -0.1) is 0 Å². The van der Waals surface area contributed by atoms with Crippen LogP contribution >= 0.6 is 0 Å². The number of anilines is 1. The molecule has 15 heavy (non-hydrogen) atoms. The third-order valence-corrected chi connectivity index (χ3v) is 3.27. The molecule has 76 valence electrons. The third-order valence-electron chi connectivity index (χ3n) is 3.27. The second kappa shape index (κ2) is 3.27. The Morgan fingerprint density at radius 2 is 2.00 bits per heavy atom. The molecule has 0 amide bonds. The lowest BCUT2D eigenvalue weighted by molar-refractivity contribution is 0.684. The van der Waals surface area contributed by atoms with E-state index in [2.05, 4.69) is 48.6 Å². The monoisotopic (exact) mass is 197 g/mol. The summed E-state index contributed by atoms with van der Waals surface area (Å²) >= 11 is 0. The number of hydrogen-bond acceptors (Lipinski definition) is 1. The maximum atomic E-state index is 3.55. The topological polar surface area (TPSA) is 12.0 Å². The van der Waals surface area contributed by atoms with Gasteiger partial charge in [-0.2, -0.15) is 0 Å². The normalized spacial score (nSPS) is 19.7. The van der Waals surface area contributed by atoms with E-state index < -0.39 is 0 Å². The third kappa shape index (κ3) is 1.39. The van der Waals surface area contributed by atoms with Crippen LogP contribution in [0.4, 0.5) is 5.69 Å². The van der Waals surface area contributed by atoms with Gasteiger partial charge in [-0.25, -0.2) is 0 Å². The highest BCUT2D eigenvalue weighted by Crippen LogP contribution is 2.31. The molecule has 0 radical (unpaired) electrons. The van der Waals surface area contributed by atoms with Crippen LogP contribution in [0, 0.1) is 0 Å². The summed E-state index contributed by atoms with van der Waals surface area (Å²) in [6.07, 6.45) is 2.44. The molecule has 0 bridgehead atoms. The Morgan fingerprint density at radius 1 is 1.13 bits per heavy atom. The average molecular weight is 197 g/mol. The number of benzene rings is 2. The van der Waals surface area contributed by atoms with Gasteiger partial charge in [0.15, 0.2) is 0 Å². The molecule has 0 fully saturated rings. The van der Waals surface area contributed by atoms with Gasteiger partial charge >= 0.3 is 0 Å². The predicted molar refractivity (Wildman–Crippen MR) is 65.4 cm³/mol. The van der Waals surface area contributed by atoms with Crippen molar-refractivity contribution in [3.05, 3.63) is 42.0 Å². The molecule has 0 spiro atoms. The van der Waals surface area contributed by atoms with E-state index in [1.165, 1.54) is 34.9 Å². The van der Waals surface area contributed by atoms with E-state index in [1.54, 1.807) is 0 Å². The van der Waals surface area contributed by atoms with E-state index in [1.807, 2.05) is 0 Å². The summed E-state index contributed by atoms with van der Waals surface area (Å²) in [5.74, 6) is 0. The molecular formula is C14H15N. The first-order valence-corrected chi connectivity index (χ1v) is 5.62. The predicted octanol–water partition coefficient (Wildman–Crippen LogP) is 3.59. The minimum absolute atomic E-state index is 0.610. The Kier molecular flexibility index (Phi) is 1.91. The molecule has 0 saturated carbocycles. The van der Waals surface area contributed by atoms with Gasteiger partial charge in [0.2, 0.25) is 0 Å². The lowest BCUT2D eigenvalue weighted by Gasteiger charge is -2.25. The van der Waals surface area contributed by atoms with Crippen LogP contribution < -0.4 is 5.32 Å². The van der Waals surface area contributed by atoms with Crippen molar-refractivity contribution in [2.24, 2.45) is 0 Å². The van der Waals surface area contributed by atoms with Gasteiger partial charge in [0.05, 0.1) is 0 Å². The fourth-order valence-corrected chi connectivity index (χ4v) is 2.44. The Bertz CT molecular complexity index is 502. The largest absolute Gasteiger partial charge is 0.382 e. The highest BCUT2D eigenvalue weighted by Gasteiger charge is 2.15. The summed E-state index contributed by atoms with van der Waals surface area (Å²) in [5.41, 5.74) is 2.82. The average Bonchev–Trinajstić information content (AvgIpc) is 2.28. The van der Waals surface area contributed by atoms with Crippen LogP contribution in [0.2, 0.25) is 0 Å². The summed E-state index contributed by atoms with van der Waals surface area (Å²) in [6, 6.07) is 13.7. The molecule has 0 aromatic heterocycles. The van der Waals surface area contributed by atoms with Crippen molar-refractivity contribution in [1.82, 2.24) is 0 Å². The Balaban J connectivity index is 2.25. The van der Waals surface area contributed by atoms with E-state index in [0.29, 0.717) is 6.04 Å². The molecule has 1 nitrogen and oxygen atoms in total. The highest BCUT2D eigenvalue weighted by molar-refractivity contribution is 5.90. The van der Waals surface area contributed by atoms with Crippen molar-refractivity contribution in [3.8, 4) is 0 Å². The van der Waals surface area contributed by atoms with Gasteiger partial charge in [0.25, 0.3) is 0 Å². The minimum atomic E-state index is 0.610. The molecule has 1 unspecified atom stereocenters. The zero-order valence-electron chi connectivity index (χ0n) is 8.96. The molecule has 1 aliphatic rings. The summed E-state index contributed by atoms with van der Waals surface area (Å²) in [5, 5.41) is 6.32. The van der Waals surface area contributed by atoms with Crippen molar-refractivity contribution >= 4 is 16.5 Å². The zero-order chi connectivity index (χ0) is 10.3. The van der Waals surface area contributed by atoms with Crippen molar-refractivity contribution in [1.29, 1.82) is 0 Å². The maximum Gasteiger partial charge on any atom is 0.0381 e. The molecule has 1 aliphatic heterocycles. The molecule has 0 saturated heterocycles. The first-order chi connectivity index (χ1) is 7.34. The van der Waals surface area contributed by atoms with Crippen LogP contribution in [0.3, 0.4) is 0 Å². The number of fused-ring (bicyclic) bond motifs is 3. The standard InChI is InChI=1S/C14H15N/c1-10-6-8-13-12-5-3-2-4-11(12)7-9-14(13)15-10/h2-5,7,9-10,15H,6,8H2,1H3. The van der Waals surface area contributed by atoms with Crippen molar-refractivity contribution in [2.45, 2.75) is 25.8 Å². The molecule has 2 aromatic rings. The number of hydrogen-bond donors (Lipinski definition) is 1. The van der Waals surface area contributed by atoms with Crippen molar-refractivity contribution in [2.75, 3.05) is 5.32 Å². The molecule has 1 atom stereocenters. The van der Waals surface area contributed by atoms with Gasteiger partial charge in [0, 0.05) is 11.7 Å². The second-order valence-electron chi connectivity index (χ2n) is 4.40. The van der Waals surface area contributed by atoms with Gasteiger partial charge in [-0.1, -0.05) is 30.3 Å². The Labute approximate surface area is 90.1 Å². The molecule has 0 aliphatic carbocycles. The van der Waals surface area contributed by atoms with Crippen molar-refractivity contribution < 1.29 is 0 Å². The molecule has 1 heterocycles. The summed E-state index contributed by atoms with van der Waals surface area (Å²) in [4.78, 5) is 0. The summed E-state index contributed by atoms with van der Waals surface area (Å²) < 4.78 is 0. The van der Waals surface area contributed by atoms with Gasteiger partial charge < -0.3 is 5.32 Å². The fourth-order valence-electron chi connectivity index (χ4n) is 2.44. The maximum absolute atomic E-state index is 3.55. The van der Waals surface area contributed by atoms with E-state index in [-0.39, 0.29) is 0 Å². The fraction of sp³-hybridized carbons (Fsp3) is 0.286. The molecule has 3 rings (SSSR count). The van der Waals surface area contributed by atoms with E-state index in [0.717, 1.165) is 0 Å². The van der Waals surface area contributed by atoms with E-state index in [9.17, 15) is 0 Å². The first-order valence-electron chi connectivity index (χ1n) is 5.62. The molecule has 1 heteroatoms. The lowest BCUT2D eigenvalue weighted by Crippen LogP contribution is -2.21. The first kappa shape index (κ1) is 8.78. The molecular weight excluding hydrogens is 182 g/mol. The minimum Gasteiger partial charge on any atom is -0.382 e. The number of nitrogens with one attached hydrogen (secondary N) is 1. The number of aryl methyl sites for hydroxylation is 1. The van der Waals surface area contributed by atoms with Gasteiger partial charge in [-0.05, 0) is 42.2 Å². The van der Waals surface area contributed by atoms with E-state index in [4.69, 9.17) is 0 Å². The van der Waals surface area contributed by atoms with Crippen LogP contribution in [-0.2, 0) is 6.42 Å². The van der Waals surface area contributed by atoms with Crippen LogP contribution in [0.25, 0.3) is 10.8 Å². The second-order valence-corrected chi connectivity index (χ2v) is 4.40. The van der Waals surface area contributed by atoms with Gasteiger partial charge in [-0.3, -0.25) is 0 Å². The van der Waals surface area contributed by atoms with Crippen LogP contribution in [-0.4, -0.2) is 6.04 Å². The van der Waals surface area contributed by atoms with Gasteiger partial charge in [0.1, 0.15) is 0 Å². The highest BCUT2D eigenvalue weighted by atomic mass is 14.9. The molecule has 1 N–H and O–H groups in total. The SMILES string of the molecule is CC1CCc2c(ccc3ccccc23)N1. The Hall–Kier alpha value is -1.50. The molecule has 2 aromatic carbocycles. The lowest BCUT2D eigenvalue weighted by atomic mass is 9.94. The van der Waals surface area contributed by atoms with Crippen LogP contribution in [0.15, 0.2) is 36.4 Å².